The van der Waals surface area contributed by atoms with Gasteiger partial charge in [0.05, 0.1) is 23.0 Å². The number of hydrogen-bond acceptors (Lipinski definition) is 5. The predicted molar refractivity (Wildman–Crippen MR) is 140 cm³/mol. The largest absolute Gasteiger partial charge is 0.497 e. The van der Waals surface area contributed by atoms with Crippen LogP contribution in [-0.2, 0) is 10.0 Å². The SMILES string of the molecule is COc1ccc(S(=O)(=O)Nc2ccc(C(=O)Nc3cccc(-c4nc5ccccc5[nH]4)c3)cc2)cc1. The van der Waals surface area contributed by atoms with Crippen molar-refractivity contribution in [3.63, 3.8) is 0 Å². The van der Waals surface area contributed by atoms with Gasteiger partial charge in [0.1, 0.15) is 11.6 Å². The van der Waals surface area contributed by atoms with Crippen molar-refractivity contribution in [3.05, 3.63) is 103 Å². The monoisotopic (exact) mass is 498 g/mol. The average molecular weight is 499 g/mol. The van der Waals surface area contributed by atoms with Crippen LogP contribution in [0.25, 0.3) is 22.4 Å². The van der Waals surface area contributed by atoms with Crippen molar-refractivity contribution in [2.24, 2.45) is 0 Å². The minimum atomic E-state index is -3.78. The van der Waals surface area contributed by atoms with Gasteiger partial charge in [0, 0.05) is 22.5 Å². The molecule has 9 heteroatoms. The van der Waals surface area contributed by atoms with Gasteiger partial charge in [-0.25, -0.2) is 13.4 Å². The van der Waals surface area contributed by atoms with Crippen LogP contribution in [0.5, 0.6) is 5.75 Å². The van der Waals surface area contributed by atoms with Crippen LogP contribution in [0.1, 0.15) is 10.4 Å². The summed E-state index contributed by atoms with van der Waals surface area (Å²) in [7, 11) is -2.27. The molecule has 0 aliphatic carbocycles. The van der Waals surface area contributed by atoms with Gasteiger partial charge < -0.3 is 15.0 Å². The van der Waals surface area contributed by atoms with E-state index in [9.17, 15) is 13.2 Å². The fraction of sp³-hybridized carbons (Fsp3) is 0.0370. The molecule has 0 aliphatic heterocycles. The van der Waals surface area contributed by atoms with E-state index in [1.54, 1.807) is 42.5 Å². The minimum Gasteiger partial charge on any atom is -0.497 e. The predicted octanol–water partition coefficient (Wildman–Crippen LogP) is 5.29. The first kappa shape index (κ1) is 23.1. The molecule has 0 aliphatic rings. The van der Waals surface area contributed by atoms with Gasteiger partial charge in [-0.2, -0.15) is 0 Å². The highest BCUT2D eigenvalue weighted by atomic mass is 32.2. The first-order valence-electron chi connectivity index (χ1n) is 11.0. The smallest absolute Gasteiger partial charge is 0.261 e. The van der Waals surface area contributed by atoms with Crippen LogP contribution in [0.2, 0.25) is 0 Å². The second-order valence-electron chi connectivity index (χ2n) is 8.00. The van der Waals surface area contributed by atoms with E-state index >= 15 is 0 Å². The number of benzene rings is 4. The van der Waals surface area contributed by atoms with Crippen molar-refractivity contribution < 1.29 is 17.9 Å². The zero-order valence-corrected chi connectivity index (χ0v) is 20.0. The highest BCUT2D eigenvalue weighted by Crippen LogP contribution is 2.24. The Balaban J connectivity index is 1.28. The number of hydrogen-bond donors (Lipinski definition) is 3. The number of ether oxygens (including phenoxy) is 1. The summed E-state index contributed by atoms with van der Waals surface area (Å²) in [6, 6.07) is 27.4. The summed E-state index contributed by atoms with van der Waals surface area (Å²) in [5.74, 6) is 0.953. The number of nitrogens with one attached hydrogen (secondary N) is 3. The van der Waals surface area contributed by atoms with Crippen LogP contribution in [-0.4, -0.2) is 31.4 Å². The van der Waals surface area contributed by atoms with Crippen molar-refractivity contribution in [3.8, 4) is 17.1 Å². The van der Waals surface area contributed by atoms with Crippen LogP contribution in [0.3, 0.4) is 0 Å². The number of anilines is 2. The lowest BCUT2D eigenvalue weighted by molar-refractivity contribution is 0.102. The zero-order valence-electron chi connectivity index (χ0n) is 19.2. The third kappa shape index (κ3) is 4.91. The molecule has 5 rings (SSSR count). The minimum absolute atomic E-state index is 0.106. The molecule has 0 saturated heterocycles. The summed E-state index contributed by atoms with van der Waals surface area (Å²) in [5.41, 5.74) is 3.98. The molecule has 0 bridgehead atoms. The van der Waals surface area contributed by atoms with Gasteiger partial charge in [-0.05, 0) is 72.8 Å². The number of aromatic nitrogens is 2. The Morgan fingerprint density at radius 3 is 2.33 bits per heavy atom. The molecular formula is C27H22N4O4S. The number of methoxy groups -OCH3 is 1. The maximum absolute atomic E-state index is 12.8. The summed E-state index contributed by atoms with van der Waals surface area (Å²) >= 11 is 0. The summed E-state index contributed by atoms with van der Waals surface area (Å²) in [5, 5.41) is 2.88. The molecule has 4 aromatic carbocycles. The third-order valence-electron chi connectivity index (χ3n) is 5.55. The number of rotatable bonds is 7. The number of fused-ring (bicyclic) bond motifs is 1. The Labute approximate surface area is 208 Å². The Bertz CT molecular complexity index is 1610. The van der Waals surface area contributed by atoms with Gasteiger partial charge in [0.25, 0.3) is 15.9 Å². The van der Waals surface area contributed by atoms with E-state index < -0.39 is 10.0 Å². The number of para-hydroxylation sites is 2. The Hall–Kier alpha value is -4.63. The molecule has 5 aromatic rings. The molecule has 0 radical (unpaired) electrons. The number of carbonyl (C=O) groups is 1. The van der Waals surface area contributed by atoms with E-state index in [0.29, 0.717) is 28.5 Å². The summed E-state index contributed by atoms with van der Waals surface area (Å²) in [6.45, 7) is 0. The molecule has 0 saturated carbocycles. The molecule has 36 heavy (non-hydrogen) atoms. The van der Waals surface area contributed by atoms with E-state index in [1.807, 2.05) is 42.5 Å². The van der Waals surface area contributed by atoms with Crippen LogP contribution in [0, 0.1) is 0 Å². The van der Waals surface area contributed by atoms with E-state index in [0.717, 1.165) is 16.6 Å². The van der Waals surface area contributed by atoms with Crippen molar-refractivity contribution >= 4 is 38.3 Å². The first-order valence-corrected chi connectivity index (χ1v) is 12.5. The van der Waals surface area contributed by atoms with Gasteiger partial charge in [-0.15, -0.1) is 0 Å². The van der Waals surface area contributed by atoms with Crippen LogP contribution < -0.4 is 14.8 Å². The third-order valence-corrected chi connectivity index (χ3v) is 6.95. The second kappa shape index (κ2) is 9.55. The molecule has 180 valence electrons. The highest BCUT2D eigenvalue weighted by molar-refractivity contribution is 7.92. The summed E-state index contributed by atoms with van der Waals surface area (Å²) in [4.78, 5) is 20.8. The number of imidazole rings is 1. The zero-order chi connectivity index (χ0) is 25.1. The van der Waals surface area contributed by atoms with Crippen molar-refractivity contribution in [2.75, 3.05) is 17.1 Å². The number of sulfonamides is 1. The van der Waals surface area contributed by atoms with Gasteiger partial charge >= 0.3 is 0 Å². The molecule has 1 heterocycles. The lowest BCUT2D eigenvalue weighted by Crippen LogP contribution is -2.14. The normalized spacial score (nSPS) is 11.2. The van der Waals surface area contributed by atoms with Crippen molar-refractivity contribution in [2.45, 2.75) is 4.90 Å². The maximum atomic E-state index is 12.8. The standard InChI is InChI=1S/C27H22N4O4S/c1-35-22-13-15-23(16-14-22)36(33,34)31-20-11-9-18(10-12-20)27(32)28-21-6-4-5-19(17-21)26-29-24-7-2-3-8-25(24)30-26/h2-17,31H,1H3,(H,28,32)(H,29,30). The van der Waals surface area contributed by atoms with Crippen LogP contribution in [0.15, 0.2) is 102 Å². The van der Waals surface area contributed by atoms with Crippen LogP contribution in [0.4, 0.5) is 11.4 Å². The Morgan fingerprint density at radius 1 is 0.861 bits per heavy atom. The first-order chi connectivity index (χ1) is 17.4. The van der Waals surface area contributed by atoms with E-state index in [1.165, 1.54) is 19.2 Å². The molecule has 3 N–H and O–H groups in total. The number of carbonyl (C=O) groups excluding carboxylic acids is 1. The van der Waals surface area contributed by atoms with E-state index in [2.05, 4.69) is 20.0 Å². The van der Waals surface area contributed by atoms with Crippen molar-refractivity contribution in [1.29, 1.82) is 0 Å². The molecule has 8 nitrogen and oxygen atoms in total. The van der Waals surface area contributed by atoms with Gasteiger partial charge in [-0.3, -0.25) is 9.52 Å². The molecule has 0 fully saturated rings. The molecule has 1 amide bonds. The molecule has 0 unspecified atom stereocenters. The molecule has 0 spiro atoms. The fourth-order valence-corrected chi connectivity index (χ4v) is 4.75. The van der Waals surface area contributed by atoms with Gasteiger partial charge in [0.2, 0.25) is 0 Å². The average Bonchev–Trinajstić information content (AvgIpc) is 3.34. The highest BCUT2D eigenvalue weighted by Gasteiger charge is 2.15. The Kier molecular flexibility index (Phi) is 6.14. The quantitative estimate of drug-likeness (QED) is 0.282. The van der Waals surface area contributed by atoms with E-state index in [-0.39, 0.29) is 10.8 Å². The Morgan fingerprint density at radius 2 is 1.61 bits per heavy atom. The number of nitrogens with zero attached hydrogens (tertiary/aromatic N) is 1. The topological polar surface area (TPSA) is 113 Å². The molecular weight excluding hydrogens is 476 g/mol. The summed E-state index contributed by atoms with van der Waals surface area (Å²) in [6.07, 6.45) is 0. The van der Waals surface area contributed by atoms with Crippen LogP contribution >= 0.6 is 0 Å². The maximum Gasteiger partial charge on any atom is 0.261 e. The fourth-order valence-electron chi connectivity index (χ4n) is 3.70. The van der Waals surface area contributed by atoms with Gasteiger partial charge in [-0.1, -0.05) is 24.3 Å². The second-order valence-corrected chi connectivity index (χ2v) is 9.68. The number of amides is 1. The summed E-state index contributed by atoms with van der Waals surface area (Å²) < 4.78 is 32.8. The van der Waals surface area contributed by atoms with Crippen molar-refractivity contribution in [1.82, 2.24) is 9.97 Å². The molecule has 1 aromatic heterocycles. The van der Waals surface area contributed by atoms with E-state index in [4.69, 9.17) is 4.74 Å². The number of aromatic amines is 1. The lowest BCUT2D eigenvalue weighted by atomic mass is 10.1. The molecule has 0 atom stereocenters. The van der Waals surface area contributed by atoms with Gasteiger partial charge in [0.15, 0.2) is 0 Å². The lowest BCUT2D eigenvalue weighted by Gasteiger charge is -2.10. The number of H-pyrrole nitrogens is 1.